The summed E-state index contributed by atoms with van der Waals surface area (Å²) in [5.41, 5.74) is 1.17. The number of nitriles is 1. The molecule has 0 saturated heterocycles. The molecule has 0 unspecified atom stereocenters. The Morgan fingerprint density at radius 3 is 2.52 bits per heavy atom. The Morgan fingerprint density at radius 1 is 1.20 bits per heavy atom. The van der Waals surface area contributed by atoms with E-state index in [2.05, 4.69) is 5.32 Å². The normalized spacial score (nSPS) is 10.9. The predicted molar refractivity (Wildman–Crippen MR) is 101 cm³/mol. The average Bonchev–Trinajstić information content (AvgIpc) is 2.62. The highest BCUT2D eigenvalue weighted by Gasteiger charge is 2.10. The topological polar surface area (TPSA) is 62.1 Å². The number of nitrogens with one attached hydrogen (secondary N) is 1. The van der Waals surface area contributed by atoms with Crippen LogP contribution in [0.25, 0.3) is 6.08 Å². The van der Waals surface area contributed by atoms with Crippen molar-refractivity contribution in [1.82, 2.24) is 0 Å². The highest BCUT2D eigenvalue weighted by atomic mass is 35.5. The number of hydrogen-bond acceptors (Lipinski definition) is 3. The number of benzene rings is 2. The number of amides is 1. The summed E-state index contributed by atoms with van der Waals surface area (Å²) in [6, 6.07) is 13.8. The second-order valence-electron chi connectivity index (χ2n) is 5.17. The zero-order chi connectivity index (χ0) is 18.2. The molecule has 4 nitrogen and oxygen atoms in total. The summed E-state index contributed by atoms with van der Waals surface area (Å²) in [4.78, 5) is 12.2. The van der Waals surface area contributed by atoms with Crippen molar-refractivity contribution in [3.63, 3.8) is 0 Å². The zero-order valence-electron chi connectivity index (χ0n) is 13.6. The molecule has 1 amide bonds. The first kappa shape index (κ1) is 18.9. The van der Waals surface area contributed by atoms with Gasteiger partial charge in [-0.05, 0) is 48.4 Å². The summed E-state index contributed by atoms with van der Waals surface area (Å²) < 4.78 is 5.50. The highest BCUT2D eigenvalue weighted by molar-refractivity contribution is 6.42. The number of carbonyl (C=O) groups is 1. The van der Waals surface area contributed by atoms with Crippen LogP contribution >= 0.6 is 23.2 Å². The third-order valence-electron chi connectivity index (χ3n) is 3.21. The summed E-state index contributed by atoms with van der Waals surface area (Å²) >= 11 is 11.8. The fraction of sp³-hybridized carbons (Fsp3) is 0.158. The lowest BCUT2D eigenvalue weighted by atomic mass is 10.1. The van der Waals surface area contributed by atoms with Crippen molar-refractivity contribution < 1.29 is 9.53 Å². The van der Waals surface area contributed by atoms with E-state index in [0.29, 0.717) is 22.3 Å². The SMILES string of the molecule is CCCOc1ccc(/C=C(\C#N)C(=O)Nc2ccc(Cl)c(Cl)c2)cc1. The first-order chi connectivity index (χ1) is 12.0. The number of halogens is 2. The zero-order valence-corrected chi connectivity index (χ0v) is 15.1. The first-order valence-corrected chi connectivity index (χ1v) is 8.40. The Hall–Kier alpha value is -2.48. The number of rotatable bonds is 6. The fourth-order valence-corrected chi connectivity index (χ4v) is 2.27. The van der Waals surface area contributed by atoms with E-state index in [9.17, 15) is 10.1 Å². The van der Waals surface area contributed by atoms with Gasteiger partial charge in [0.25, 0.3) is 5.91 Å². The van der Waals surface area contributed by atoms with E-state index in [1.54, 1.807) is 36.4 Å². The van der Waals surface area contributed by atoms with E-state index in [-0.39, 0.29) is 5.57 Å². The molecule has 0 aliphatic rings. The lowest BCUT2D eigenvalue weighted by Crippen LogP contribution is -2.13. The predicted octanol–water partition coefficient (Wildman–Crippen LogP) is 5.33. The molecule has 6 heteroatoms. The van der Waals surface area contributed by atoms with Crippen LogP contribution in [0.4, 0.5) is 5.69 Å². The van der Waals surface area contributed by atoms with Crippen molar-refractivity contribution in [2.24, 2.45) is 0 Å². The van der Waals surface area contributed by atoms with Crippen molar-refractivity contribution in [3.05, 3.63) is 63.6 Å². The number of ether oxygens (including phenoxy) is 1. The Labute approximate surface area is 156 Å². The second-order valence-corrected chi connectivity index (χ2v) is 5.98. The number of anilines is 1. The van der Waals surface area contributed by atoms with Gasteiger partial charge in [0, 0.05) is 5.69 Å². The van der Waals surface area contributed by atoms with E-state index in [0.717, 1.165) is 17.7 Å². The maximum Gasteiger partial charge on any atom is 0.266 e. The van der Waals surface area contributed by atoms with E-state index in [1.807, 2.05) is 13.0 Å². The molecule has 0 aromatic heterocycles. The van der Waals surface area contributed by atoms with Crippen LogP contribution in [0, 0.1) is 11.3 Å². The quantitative estimate of drug-likeness (QED) is 0.549. The minimum absolute atomic E-state index is 0.0201. The molecule has 0 fully saturated rings. The summed E-state index contributed by atoms with van der Waals surface area (Å²) in [7, 11) is 0. The minimum atomic E-state index is -0.521. The van der Waals surface area contributed by atoms with Gasteiger partial charge in [0.2, 0.25) is 0 Å². The molecule has 2 aromatic rings. The van der Waals surface area contributed by atoms with Crippen molar-refractivity contribution in [2.45, 2.75) is 13.3 Å². The van der Waals surface area contributed by atoms with Gasteiger partial charge in [0.15, 0.2) is 0 Å². The molecule has 0 heterocycles. The third kappa shape index (κ3) is 5.53. The number of carbonyl (C=O) groups excluding carboxylic acids is 1. The molecule has 0 aliphatic carbocycles. The summed E-state index contributed by atoms with van der Waals surface area (Å²) in [6.07, 6.45) is 2.44. The molecule has 25 heavy (non-hydrogen) atoms. The van der Waals surface area contributed by atoms with Crippen LogP contribution in [-0.2, 0) is 4.79 Å². The van der Waals surface area contributed by atoms with Crippen molar-refractivity contribution >= 4 is 40.9 Å². The first-order valence-electron chi connectivity index (χ1n) is 7.64. The van der Waals surface area contributed by atoms with Crippen LogP contribution in [-0.4, -0.2) is 12.5 Å². The standard InChI is InChI=1S/C19H16Cl2N2O2/c1-2-9-25-16-6-3-13(4-7-16)10-14(12-22)19(24)23-15-5-8-17(20)18(21)11-15/h3-8,10-11H,2,9H2,1H3,(H,23,24)/b14-10+. The van der Waals surface area contributed by atoms with Crippen LogP contribution in [0.15, 0.2) is 48.0 Å². The third-order valence-corrected chi connectivity index (χ3v) is 3.95. The van der Waals surface area contributed by atoms with Gasteiger partial charge in [-0.2, -0.15) is 5.26 Å². The van der Waals surface area contributed by atoms with Gasteiger partial charge in [0.1, 0.15) is 17.4 Å². The van der Waals surface area contributed by atoms with Crippen LogP contribution in [0.3, 0.4) is 0 Å². The van der Waals surface area contributed by atoms with E-state index in [1.165, 1.54) is 12.1 Å². The van der Waals surface area contributed by atoms with E-state index >= 15 is 0 Å². The molecule has 0 spiro atoms. The molecule has 0 bridgehead atoms. The number of nitrogens with zero attached hydrogens (tertiary/aromatic N) is 1. The van der Waals surface area contributed by atoms with Crippen LogP contribution < -0.4 is 10.1 Å². The molecule has 2 rings (SSSR count). The lowest BCUT2D eigenvalue weighted by molar-refractivity contribution is -0.112. The minimum Gasteiger partial charge on any atom is -0.494 e. The van der Waals surface area contributed by atoms with Crippen LogP contribution in [0.5, 0.6) is 5.75 Å². The molecule has 0 saturated carbocycles. The monoisotopic (exact) mass is 374 g/mol. The van der Waals surface area contributed by atoms with Crippen molar-refractivity contribution in [1.29, 1.82) is 5.26 Å². The summed E-state index contributed by atoms with van der Waals surface area (Å²) in [6.45, 7) is 2.67. The Balaban J connectivity index is 2.12. The van der Waals surface area contributed by atoms with Gasteiger partial charge >= 0.3 is 0 Å². The molecule has 128 valence electrons. The van der Waals surface area contributed by atoms with Gasteiger partial charge in [-0.3, -0.25) is 4.79 Å². The summed E-state index contributed by atoms with van der Waals surface area (Å²) in [5.74, 6) is 0.227. The van der Waals surface area contributed by atoms with Crippen molar-refractivity contribution in [2.75, 3.05) is 11.9 Å². The highest BCUT2D eigenvalue weighted by Crippen LogP contribution is 2.25. The largest absolute Gasteiger partial charge is 0.494 e. The van der Waals surface area contributed by atoms with Gasteiger partial charge in [-0.25, -0.2) is 0 Å². The molecule has 0 radical (unpaired) electrons. The summed E-state index contributed by atoms with van der Waals surface area (Å²) in [5, 5.41) is 12.6. The van der Waals surface area contributed by atoms with Gasteiger partial charge < -0.3 is 10.1 Å². The van der Waals surface area contributed by atoms with Crippen molar-refractivity contribution in [3.8, 4) is 11.8 Å². The van der Waals surface area contributed by atoms with E-state index in [4.69, 9.17) is 27.9 Å². The van der Waals surface area contributed by atoms with Crippen LogP contribution in [0.1, 0.15) is 18.9 Å². The fourth-order valence-electron chi connectivity index (χ4n) is 1.97. The maximum absolute atomic E-state index is 12.2. The molecule has 0 atom stereocenters. The van der Waals surface area contributed by atoms with Gasteiger partial charge in [-0.15, -0.1) is 0 Å². The molecular weight excluding hydrogens is 359 g/mol. The Kier molecular flexibility index (Phi) is 6.88. The maximum atomic E-state index is 12.2. The Morgan fingerprint density at radius 2 is 1.92 bits per heavy atom. The second kappa shape index (κ2) is 9.12. The number of hydrogen-bond donors (Lipinski definition) is 1. The Bertz CT molecular complexity index is 824. The molecule has 2 aromatic carbocycles. The van der Waals surface area contributed by atoms with Crippen LogP contribution in [0.2, 0.25) is 10.0 Å². The molecule has 0 aliphatic heterocycles. The van der Waals surface area contributed by atoms with Gasteiger partial charge in [-0.1, -0.05) is 42.3 Å². The van der Waals surface area contributed by atoms with E-state index < -0.39 is 5.91 Å². The average molecular weight is 375 g/mol. The molecule has 1 N–H and O–H groups in total. The molecular formula is C19H16Cl2N2O2. The smallest absolute Gasteiger partial charge is 0.266 e. The van der Waals surface area contributed by atoms with Gasteiger partial charge in [0.05, 0.1) is 16.7 Å². The lowest BCUT2D eigenvalue weighted by Gasteiger charge is -2.06.